The Morgan fingerprint density at radius 1 is 0.824 bits per heavy atom. The fourth-order valence-electron chi connectivity index (χ4n) is 5.36. The first-order valence-electron chi connectivity index (χ1n) is 14.2. The predicted octanol–water partition coefficient (Wildman–Crippen LogP) is 7.74. The summed E-state index contributed by atoms with van der Waals surface area (Å²) in [4.78, 5) is 18.5. The molecule has 0 aliphatic carbocycles. The van der Waals surface area contributed by atoms with Crippen molar-refractivity contribution in [1.82, 2.24) is 5.06 Å². The molecule has 1 rings (SSSR count). The van der Waals surface area contributed by atoms with Crippen molar-refractivity contribution in [1.29, 1.82) is 0 Å². The number of esters is 1. The van der Waals surface area contributed by atoms with E-state index in [1.54, 1.807) is 13.8 Å². The first-order chi connectivity index (χ1) is 15.9. The molecule has 5 nitrogen and oxygen atoms in total. The van der Waals surface area contributed by atoms with Gasteiger partial charge in [0, 0.05) is 30.3 Å². The Labute approximate surface area is 211 Å². The minimum Gasteiger partial charge on any atom is -0.462 e. The average molecular weight is 484 g/mol. The summed E-state index contributed by atoms with van der Waals surface area (Å²) >= 11 is 0. The second kappa shape index (κ2) is 15.5. The van der Waals surface area contributed by atoms with Crippen LogP contribution in [0.5, 0.6) is 0 Å². The zero-order valence-corrected chi connectivity index (χ0v) is 23.7. The SMILES string of the molecule is CCCCCCCCCCCCCCCC(=O)OC1CC(C)(C)N(OCC(C)(C)O)C(C)(C)C1. The fraction of sp³-hybridized carbons (Fsp3) is 0.966. The molecule has 1 fully saturated rings. The number of carbonyl (C=O) groups is 1. The van der Waals surface area contributed by atoms with Crippen LogP contribution in [-0.2, 0) is 14.4 Å². The highest BCUT2D eigenvalue weighted by Gasteiger charge is 2.48. The van der Waals surface area contributed by atoms with Gasteiger partial charge < -0.3 is 9.84 Å². The summed E-state index contributed by atoms with van der Waals surface area (Å²) in [5.41, 5.74) is -1.45. The smallest absolute Gasteiger partial charge is 0.306 e. The van der Waals surface area contributed by atoms with Crippen LogP contribution in [0.4, 0.5) is 0 Å². The molecule has 0 aromatic rings. The molecular formula is C29H57NO4. The van der Waals surface area contributed by atoms with Crippen molar-refractivity contribution in [3.8, 4) is 0 Å². The number of carbonyl (C=O) groups excluding carboxylic acids is 1. The van der Waals surface area contributed by atoms with Gasteiger partial charge in [-0.05, 0) is 48.0 Å². The van der Waals surface area contributed by atoms with Gasteiger partial charge in [-0.1, -0.05) is 84.0 Å². The van der Waals surface area contributed by atoms with Gasteiger partial charge in [0.1, 0.15) is 6.10 Å². The average Bonchev–Trinajstić information content (AvgIpc) is 2.68. The number of ether oxygens (including phenoxy) is 1. The zero-order chi connectivity index (χ0) is 25.7. The molecule has 34 heavy (non-hydrogen) atoms. The van der Waals surface area contributed by atoms with E-state index in [2.05, 4.69) is 34.6 Å². The summed E-state index contributed by atoms with van der Waals surface area (Å²) in [7, 11) is 0. The number of hydrogen-bond donors (Lipinski definition) is 1. The molecule has 0 bridgehead atoms. The van der Waals surface area contributed by atoms with Crippen molar-refractivity contribution >= 4 is 5.97 Å². The van der Waals surface area contributed by atoms with Gasteiger partial charge >= 0.3 is 5.97 Å². The van der Waals surface area contributed by atoms with Crippen LogP contribution < -0.4 is 0 Å². The number of hydrogen-bond acceptors (Lipinski definition) is 5. The van der Waals surface area contributed by atoms with Gasteiger partial charge in [0.25, 0.3) is 0 Å². The maximum Gasteiger partial charge on any atom is 0.306 e. The minimum atomic E-state index is -0.886. The molecule has 1 saturated heterocycles. The van der Waals surface area contributed by atoms with E-state index < -0.39 is 5.60 Å². The largest absolute Gasteiger partial charge is 0.462 e. The van der Waals surface area contributed by atoms with Gasteiger partial charge in [0.05, 0.1) is 12.2 Å². The van der Waals surface area contributed by atoms with Crippen LogP contribution in [0.25, 0.3) is 0 Å². The standard InChI is InChI=1S/C29H57NO4/c1-8-9-10-11-12-13-14-15-16-17-18-19-20-21-26(31)34-25-22-27(2,3)30(28(4,5)23-25)33-24-29(6,7)32/h25,32H,8-24H2,1-7H3. The molecule has 1 aliphatic heterocycles. The Balaban J connectivity index is 2.18. The molecule has 0 saturated carbocycles. The van der Waals surface area contributed by atoms with Crippen LogP contribution in [0, 0.1) is 0 Å². The molecule has 1 heterocycles. The van der Waals surface area contributed by atoms with E-state index in [-0.39, 0.29) is 29.8 Å². The van der Waals surface area contributed by atoms with Crippen molar-refractivity contribution in [3.63, 3.8) is 0 Å². The first kappa shape index (κ1) is 31.4. The van der Waals surface area contributed by atoms with Crippen LogP contribution in [-0.4, -0.2) is 45.5 Å². The maximum absolute atomic E-state index is 12.5. The molecule has 0 radical (unpaired) electrons. The predicted molar refractivity (Wildman–Crippen MR) is 142 cm³/mol. The Kier molecular flexibility index (Phi) is 14.3. The van der Waals surface area contributed by atoms with E-state index >= 15 is 0 Å². The van der Waals surface area contributed by atoms with Crippen molar-refractivity contribution in [2.75, 3.05) is 6.61 Å². The molecule has 1 N–H and O–H groups in total. The van der Waals surface area contributed by atoms with Crippen molar-refractivity contribution in [3.05, 3.63) is 0 Å². The Morgan fingerprint density at radius 3 is 1.65 bits per heavy atom. The lowest BCUT2D eigenvalue weighted by Crippen LogP contribution is -2.62. The quantitative estimate of drug-likeness (QED) is 0.160. The van der Waals surface area contributed by atoms with Gasteiger partial charge in [0.2, 0.25) is 0 Å². The lowest BCUT2D eigenvalue weighted by Gasteiger charge is -2.53. The normalized spacial score (nSPS) is 18.8. The molecule has 1 aliphatic rings. The molecule has 0 amide bonds. The van der Waals surface area contributed by atoms with Crippen molar-refractivity contribution < 1.29 is 19.5 Å². The summed E-state index contributed by atoms with van der Waals surface area (Å²) in [6, 6.07) is 0. The Morgan fingerprint density at radius 2 is 1.24 bits per heavy atom. The molecule has 5 heteroatoms. The summed E-state index contributed by atoms with van der Waals surface area (Å²) in [6.45, 7) is 14.5. The third-order valence-corrected chi connectivity index (χ3v) is 6.88. The maximum atomic E-state index is 12.5. The van der Waals surface area contributed by atoms with Crippen molar-refractivity contribution in [2.24, 2.45) is 0 Å². The van der Waals surface area contributed by atoms with Crippen LogP contribution in [0.1, 0.15) is 151 Å². The Bertz CT molecular complexity index is 535. The molecule has 0 unspecified atom stereocenters. The lowest BCUT2D eigenvalue weighted by molar-refractivity contribution is -0.306. The fourth-order valence-corrected chi connectivity index (χ4v) is 5.36. The van der Waals surface area contributed by atoms with Crippen LogP contribution in [0.3, 0.4) is 0 Å². The van der Waals surface area contributed by atoms with E-state index in [0.29, 0.717) is 6.42 Å². The number of rotatable bonds is 18. The van der Waals surface area contributed by atoms with Crippen LogP contribution >= 0.6 is 0 Å². The molecule has 0 spiro atoms. The molecule has 202 valence electrons. The monoisotopic (exact) mass is 483 g/mol. The number of hydroxylamine groups is 2. The summed E-state index contributed by atoms with van der Waals surface area (Å²) in [6.07, 6.45) is 18.9. The topological polar surface area (TPSA) is 59.0 Å². The highest BCUT2D eigenvalue weighted by atomic mass is 16.7. The number of piperidine rings is 1. The van der Waals surface area contributed by atoms with E-state index in [4.69, 9.17) is 9.57 Å². The second-order valence-electron chi connectivity index (χ2n) is 12.5. The van der Waals surface area contributed by atoms with Crippen LogP contribution in [0.2, 0.25) is 0 Å². The molecule has 0 aromatic carbocycles. The van der Waals surface area contributed by atoms with Crippen LogP contribution in [0.15, 0.2) is 0 Å². The zero-order valence-electron chi connectivity index (χ0n) is 23.7. The Hall–Kier alpha value is -0.650. The summed E-state index contributed by atoms with van der Waals surface area (Å²) in [5, 5.41) is 12.1. The van der Waals surface area contributed by atoms with E-state index in [9.17, 15) is 9.90 Å². The van der Waals surface area contributed by atoms with Gasteiger partial charge in [-0.3, -0.25) is 9.63 Å². The minimum absolute atomic E-state index is 0.0643. The second-order valence-corrected chi connectivity index (χ2v) is 12.5. The summed E-state index contributed by atoms with van der Waals surface area (Å²) in [5.74, 6) is -0.0643. The van der Waals surface area contributed by atoms with Gasteiger partial charge in [-0.2, -0.15) is 5.06 Å². The van der Waals surface area contributed by atoms with Gasteiger partial charge in [-0.15, -0.1) is 0 Å². The third kappa shape index (κ3) is 13.4. The highest BCUT2D eigenvalue weighted by Crippen LogP contribution is 2.40. The highest BCUT2D eigenvalue weighted by molar-refractivity contribution is 5.69. The number of aliphatic hydroxyl groups is 1. The molecular weight excluding hydrogens is 426 g/mol. The van der Waals surface area contributed by atoms with E-state index in [0.717, 1.165) is 25.7 Å². The first-order valence-corrected chi connectivity index (χ1v) is 14.2. The lowest BCUT2D eigenvalue weighted by atomic mass is 9.80. The molecule has 0 aromatic heterocycles. The number of unbranched alkanes of at least 4 members (excludes halogenated alkanes) is 12. The molecule has 0 atom stereocenters. The van der Waals surface area contributed by atoms with E-state index in [1.165, 1.54) is 70.6 Å². The number of nitrogens with zero attached hydrogens (tertiary/aromatic N) is 1. The third-order valence-electron chi connectivity index (χ3n) is 6.88. The van der Waals surface area contributed by atoms with Crippen molar-refractivity contribution in [2.45, 2.75) is 174 Å². The van der Waals surface area contributed by atoms with Gasteiger partial charge in [-0.25, -0.2) is 0 Å². The van der Waals surface area contributed by atoms with Gasteiger partial charge in [0.15, 0.2) is 0 Å². The summed E-state index contributed by atoms with van der Waals surface area (Å²) < 4.78 is 5.89. The van der Waals surface area contributed by atoms with E-state index in [1.807, 2.05) is 5.06 Å².